The first kappa shape index (κ1) is 35.5. The van der Waals surface area contributed by atoms with Crippen LogP contribution in [0, 0.1) is 0 Å². The van der Waals surface area contributed by atoms with Crippen LogP contribution < -0.4 is 0 Å². The maximum absolute atomic E-state index is 10.4. The summed E-state index contributed by atoms with van der Waals surface area (Å²) in [5.41, 5.74) is 5.20. The number of carbonyl (C=O) groups is 1. The first-order chi connectivity index (χ1) is 14.4. The predicted molar refractivity (Wildman–Crippen MR) is 136 cm³/mol. The predicted octanol–water partition coefficient (Wildman–Crippen LogP) is 7.35. The van der Waals surface area contributed by atoms with Gasteiger partial charge in [-0.25, -0.2) is 0 Å². The fraction of sp³-hybridized carbons (Fsp3) is 0.480. The van der Waals surface area contributed by atoms with Crippen molar-refractivity contribution in [2.45, 2.75) is 65.3 Å². The van der Waals surface area contributed by atoms with Crippen LogP contribution in [0.5, 0.6) is 0 Å². The third-order valence-electron chi connectivity index (χ3n) is 4.95. The molecule has 0 saturated carbocycles. The Kier molecular flexibility index (Phi) is 19.3. The van der Waals surface area contributed by atoms with Crippen molar-refractivity contribution in [3.63, 3.8) is 0 Å². The number of carbonyl (C=O) groups excluding carboxylic acids is 1. The summed E-state index contributed by atoms with van der Waals surface area (Å²) < 4.78 is 16.1. The first-order valence-corrected chi connectivity index (χ1v) is 10.9. The molecule has 0 aromatic heterocycles. The number of nitrogens with zero attached hydrogens (tertiary/aromatic N) is 1. The van der Waals surface area contributed by atoms with E-state index in [1.165, 1.54) is 16.7 Å². The van der Waals surface area contributed by atoms with Gasteiger partial charge in [-0.15, -0.1) is 0 Å². The number of rotatable bonds is 3. The van der Waals surface area contributed by atoms with Crippen molar-refractivity contribution in [1.82, 2.24) is 4.90 Å². The van der Waals surface area contributed by atoms with E-state index in [9.17, 15) is 4.79 Å². The Morgan fingerprint density at radius 2 is 1.03 bits per heavy atom. The van der Waals surface area contributed by atoms with Gasteiger partial charge in [0.25, 0.3) is 0 Å². The van der Waals surface area contributed by atoms with Crippen molar-refractivity contribution in [3.8, 4) is 0 Å². The van der Waals surface area contributed by atoms with Crippen LogP contribution >= 0.6 is 18.2 Å². The fourth-order valence-electron chi connectivity index (χ4n) is 2.62. The van der Waals surface area contributed by atoms with Gasteiger partial charge in [0.1, 0.15) is 24.5 Å². The molecule has 0 aliphatic carbocycles. The molecule has 2 rings (SSSR count). The Bertz CT molecular complexity index is 751. The monoisotopic (exact) mass is 527 g/mol. The number of hydrogen-bond acceptors (Lipinski definition) is 4. The SMILES string of the molecule is CC(C)(C)c1ccc(C=O)cc1.CC(c1ccc(C(C)(C)C)cc1)N(C)C.O=P.O=P.[Zn]. The second-order valence-corrected chi connectivity index (χ2v) is 9.50. The van der Waals surface area contributed by atoms with Crippen molar-refractivity contribution < 1.29 is 33.4 Å². The van der Waals surface area contributed by atoms with E-state index in [4.69, 9.17) is 9.13 Å². The molecule has 0 fully saturated rings. The molecule has 1 unspecified atom stereocenters. The van der Waals surface area contributed by atoms with Gasteiger partial charge >= 0.3 is 0 Å². The van der Waals surface area contributed by atoms with Gasteiger partial charge in [0.15, 0.2) is 0 Å². The second-order valence-electron chi connectivity index (χ2n) is 9.50. The molecule has 0 saturated heterocycles. The van der Waals surface area contributed by atoms with E-state index in [1.54, 1.807) is 18.2 Å². The van der Waals surface area contributed by atoms with Crippen LogP contribution in [0.3, 0.4) is 0 Å². The number of aldehydes is 1. The Morgan fingerprint density at radius 3 is 1.28 bits per heavy atom. The van der Waals surface area contributed by atoms with E-state index in [0.29, 0.717) is 6.04 Å². The molecule has 2 aromatic rings. The average molecular weight is 529 g/mol. The molecule has 4 nitrogen and oxygen atoms in total. The van der Waals surface area contributed by atoms with Gasteiger partial charge in [0.05, 0.1) is 0 Å². The molecule has 0 aliphatic rings. The Balaban J connectivity index is -0.000000449. The van der Waals surface area contributed by atoms with Crippen LogP contribution in [0.4, 0.5) is 0 Å². The van der Waals surface area contributed by atoms with Gasteiger partial charge in [0.2, 0.25) is 0 Å². The molecular formula is C25H39NO3P2Zn. The van der Waals surface area contributed by atoms with Gasteiger partial charge in [-0.1, -0.05) is 90.1 Å². The van der Waals surface area contributed by atoms with E-state index in [-0.39, 0.29) is 30.3 Å². The van der Waals surface area contributed by atoms with Gasteiger partial charge < -0.3 is 4.90 Å². The standard InChI is InChI=1S/C14H23N.C11H14O.2HOP.Zn/c1-11(15(5)6)12-7-9-13(10-8-12)14(2,3)4;1-11(2,3)10-6-4-9(8-12)5-7-10;2*1-2;/h7-11H,1-6H3;4-8H,1-3H3;2*2H;. The molecule has 0 heterocycles. The summed E-state index contributed by atoms with van der Waals surface area (Å²) in [5.74, 6) is 0. The minimum absolute atomic E-state index is 0. The van der Waals surface area contributed by atoms with Gasteiger partial charge in [-0.2, -0.15) is 0 Å². The Hall–Kier alpha value is -1.11. The van der Waals surface area contributed by atoms with Crippen LogP contribution in [0.15, 0.2) is 48.5 Å². The van der Waals surface area contributed by atoms with Crippen molar-refractivity contribution in [3.05, 3.63) is 70.8 Å². The molecule has 0 N–H and O–H groups in total. The molecule has 1 atom stereocenters. The summed E-state index contributed by atoms with van der Waals surface area (Å²) in [7, 11) is 7.67. The van der Waals surface area contributed by atoms with E-state index in [1.807, 2.05) is 24.3 Å². The van der Waals surface area contributed by atoms with Crippen LogP contribution in [0.2, 0.25) is 0 Å². The van der Waals surface area contributed by atoms with Crippen molar-refractivity contribution in [1.29, 1.82) is 0 Å². The van der Waals surface area contributed by atoms with Crippen LogP contribution in [0.1, 0.15) is 81.6 Å². The molecule has 174 valence electrons. The summed E-state index contributed by atoms with van der Waals surface area (Å²) >= 11 is 0. The Morgan fingerprint density at radius 1 is 0.719 bits per heavy atom. The maximum Gasteiger partial charge on any atom is 0.150 e. The van der Waals surface area contributed by atoms with Crippen molar-refractivity contribution in [2.75, 3.05) is 14.1 Å². The minimum Gasteiger partial charge on any atom is -0.303 e. The quantitative estimate of drug-likeness (QED) is 0.237. The molecule has 0 radical (unpaired) electrons. The molecule has 2 aromatic carbocycles. The third kappa shape index (κ3) is 13.4. The number of hydrogen-bond donors (Lipinski definition) is 0. The van der Waals surface area contributed by atoms with Crippen molar-refractivity contribution >= 4 is 24.5 Å². The maximum atomic E-state index is 10.4. The van der Waals surface area contributed by atoms with Crippen LogP contribution in [0.25, 0.3) is 0 Å². The van der Waals surface area contributed by atoms with E-state index >= 15 is 0 Å². The topological polar surface area (TPSA) is 54.5 Å². The smallest absolute Gasteiger partial charge is 0.150 e. The zero-order valence-electron chi connectivity index (χ0n) is 21.2. The van der Waals surface area contributed by atoms with Gasteiger partial charge in [-0.05, 0) is 48.5 Å². The second kappa shape index (κ2) is 17.4. The van der Waals surface area contributed by atoms with Crippen LogP contribution in [-0.4, -0.2) is 25.3 Å². The first-order valence-electron chi connectivity index (χ1n) is 10.1. The summed E-state index contributed by atoms with van der Waals surface area (Å²) in [6.45, 7) is 15.4. The van der Waals surface area contributed by atoms with Crippen LogP contribution in [-0.2, 0) is 39.4 Å². The molecule has 7 heteroatoms. The molecule has 0 aliphatic heterocycles. The average Bonchev–Trinajstić information content (AvgIpc) is 2.75. The van der Waals surface area contributed by atoms with E-state index < -0.39 is 0 Å². The summed E-state index contributed by atoms with van der Waals surface area (Å²) in [6.07, 6.45) is 0.867. The van der Waals surface area contributed by atoms with E-state index in [2.05, 4.69) is 91.7 Å². The molecule has 0 amide bonds. The van der Waals surface area contributed by atoms with E-state index in [0.717, 1.165) is 11.8 Å². The summed E-state index contributed by atoms with van der Waals surface area (Å²) in [6, 6.07) is 17.2. The Labute approximate surface area is 212 Å². The zero-order chi connectivity index (χ0) is 24.8. The molecule has 0 bridgehead atoms. The summed E-state index contributed by atoms with van der Waals surface area (Å²) in [4.78, 5) is 12.6. The minimum atomic E-state index is 0. The van der Waals surface area contributed by atoms with Gasteiger partial charge in [-0.3, -0.25) is 13.9 Å². The molecule has 32 heavy (non-hydrogen) atoms. The molecule has 0 spiro atoms. The van der Waals surface area contributed by atoms with Gasteiger partial charge in [0, 0.05) is 31.1 Å². The normalized spacial score (nSPS) is 11.2. The molecular weight excluding hydrogens is 490 g/mol. The fourth-order valence-corrected chi connectivity index (χ4v) is 2.62. The third-order valence-corrected chi connectivity index (χ3v) is 4.95. The summed E-state index contributed by atoms with van der Waals surface area (Å²) in [5, 5.41) is 0. The number of benzene rings is 2. The zero-order valence-corrected chi connectivity index (χ0v) is 26.1. The largest absolute Gasteiger partial charge is 0.303 e. The van der Waals surface area contributed by atoms with Crippen molar-refractivity contribution in [2.24, 2.45) is 0 Å².